The highest BCUT2D eigenvalue weighted by Gasteiger charge is 2.32. The summed E-state index contributed by atoms with van der Waals surface area (Å²) in [5, 5.41) is 20.0. The van der Waals surface area contributed by atoms with Gasteiger partial charge in [0.2, 0.25) is 0 Å². The van der Waals surface area contributed by atoms with E-state index in [0.29, 0.717) is 56.5 Å². The van der Waals surface area contributed by atoms with Gasteiger partial charge in [-0.25, -0.2) is 14.0 Å². The number of allylic oxidation sites excluding steroid dienone is 1. The van der Waals surface area contributed by atoms with Gasteiger partial charge in [0, 0.05) is 21.3 Å². The third-order valence-corrected chi connectivity index (χ3v) is 7.16. The zero-order valence-corrected chi connectivity index (χ0v) is 27.1. The van der Waals surface area contributed by atoms with E-state index in [1.165, 1.54) is 26.5 Å². The second-order valence-electron chi connectivity index (χ2n) is 9.82. The molecule has 4 N–H and O–H groups in total. The zero-order chi connectivity index (χ0) is 33.2. The van der Waals surface area contributed by atoms with Crippen LogP contribution < -0.4 is 35.0 Å². The fourth-order valence-corrected chi connectivity index (χ4v) is 5.03. The van der Waals surface area contributed by atoms with Gasteiger partial charge in [0.05, 0.1) is 38.7 Å². The third kappa shape index (κ3) is 8.46. The Morgan fingerprint density at radius 1 is 1.11 bits per heavy atom. The molecule has 0 saturated carbocycles. The number of halogens is 2. The number of aliphatic hydroxyl groups excluding tert-OH is 1. The summed E-state index contributed by atoms with van der Waals surface area (Å²) in [6.07, 6.45) is 0.192. The summed E-state index contributed by atoms with van der Waals surface area (Å²) in [5.74, 6) is 0.401. The highest BCUT2D eigenvalue weighted by molar-refractivity contribution is 9.10. The van der Waals surface area contributed by atoms with E-state index < -0.39 is 30.1 Å². The van der Waals surface area contributed by atoms with E-state index in [4.69, 9.17) is 23.7 Å². The van der Waals surface area contributed by atoms with Gasteiger partial charge in [-0.15, -0.1) is 0 Å². The predicted molar refractivity (Wildman–Crippen MR) is 170 cm³/mol. The first kappa shape index (κ1) is 34.1. The van der Waals surface area contributed by atoms with Crippen LogP contribution in [0.4, 0.5) is 9.18 Å². The number of amides is 2. The highest BCUT2D eigenvalue weighted by Crippen LogP contribution is 2.36. The van der Waals surface area contributed by atoms with Crippen molar-refractivity contribution in [2.24, 2.45) is 5.10 Å². The van der Waals surface area contributed by atoms with Crippen LogP contribution >= 0.6 is 15.9 Å². The number of hydrogen-bond acceptors (Lipinski definition) is 10. The summed E-state index contributed by atoms with van der Waals surface area (Å²) in [4.78, 5) is 24.6. The summed E-state index contributed by atoms with van der Waals surface area (Å²) in [7, 11) is 2.75. The molecule has 0 aromatic heterocycles. The van der Waals surface area contributed by atoms with Gasteiger partial charge in [0.25, 0.3) is 0 Å². The number of ether oxygens (including phenoxy) is 5. The molecule has 4 rings (SSSR count). The van der Waals surface area contributed by atoms with Crippen LogP contribution in [-0.4, -0.2) is 57.0 Å². The molecule has 0 spiro atoms. The van der Waals surface area contributed by atoms with Crippen LogP contribution in [0.25, 0.3) is 0 Å². The quantitative estimate of drug-likeness (QED) is 0.0813. The van der Waals surface area contributed by atoms with Gasteiger partial charge < -0.3 is 39.4 Å². The molecule has 1 aliphatic rings. The second-order valence-corrected chi connectivity index (χ2v) is 10.7. The first-order valence-electron chi connectivity index (χ1n) is 14.1. The normalized spacial score (nSPS) is 15.1. The number of hydrogen-bond donors (Lipinski definition) is 4. The maximum absolute atomic E-state index is 14.1. The summed E-state index contributed by atoms with van der Waals surface area (Å²) >= 11 is 3.43. The van der Waals surface area contributed by atoms with Gasteiger partial charge >= 0.3 is 12.0 Å². The summed E-state index contributed by atoms with van der Waals surface area (Å²) < 4.78 is 42.7. The Hall–Kier alpha value is -4.82. The minimum Gasteiger partial charge on any atom is -0.493 e. The zero-order valence-electron chi connectivity index (χ0n) is 25.6. The van der Waals surface area contributed by atoms with Crippen molar-refractivity contribution in [1.29, 1.82) is 0 Å². The van der Waals surface area contributed by atoms with Crippen molar-refractivity contribution in [3.63, 3.8) is 0 Å². The molecular weight excluding hydrogens is 667 g/mol. The topological polar surface area (TPSA) is 149 Å². The van der Waals surface area contributed by atoms with Crippen molar-refractivity contribution in [3.8, 4) is 23.0 Å². The standard InChI is InChI=1S/C32H34BrFN4O8/c1-5-44-25-13-19(29-28(31(40)43-4)18(2)36-32(41)37-29)10-11-24(25)45-17-27(39)38-35-15-21-12-22(33)14-26(42-3)30(21)46-16-20-8-6-7-9-23(20)34/h6-15,27,29,38-39H,5,16-17H2,1-4H3,(H2,36,37,41)/b35-15+/t27-,29-/m0/s1. The number of esters is 1. The number of aliphatic hydroxyl groups is 1. The summed E-state index contributed by atoms with van der Waals surface area (Å²) in [5.41, 5.74) is 4.65. The number of carbonyl (C=O) groups is 2. The lowest BCUT2D eigenvalue weighted by Crippen LogP contribution is -2.45. The molecule has 3 aromatic carbocycles. The molecule has 0 saturated heterocycles. The SMILES string of the molecule is CCOc1cc([C@@H]2NC(=O)NC(C)=C2C(=O)OC)ccc1OC[C@H](O)N/N=C/c1cc(Br)cc(OC)c1OCc1ccccc1F. The third-order valence-electron chi connectivity index (χ3n) is 6.70. The van der Waals surface area contributed by atoms with E-state index in [0.717, 1.165) is 0 Å². The monoisotopic (exact) mass is 700 g/mol. The van der Waals surface area contributed by atoms with Crippen LogP contribution in [0.5, 0.6) is 23.0 Å². The van der Waals surface area contributed by atoms with E-state index in [9.17, 15) is 19.1 Å². The molecule has 14 heteroatoms. The van der Waals surface area contributed by atoms with Crippen LogP contribution in [-0.2, 0) is 16.1 Å². The molecule has 3 aromatic rings. The number of carbonyl (C=O) groups excluding carboxylic acids is 2. The van der Waals surface area contributed by atoms with Crippen molar-refractivity contribution >= 4 is 34.1 Å². The molecular formula is C32H34BrFN4O8. The smallest absolute Gasteiger partial charge is 0.337 e. The molecule has 2 atom stereocenters. The van der Waals surface area contributed by atoms with Crippen LogP contribution in [0.2, 0.25) is 0 Å². The van der Waals surface area contributed by atoms with Gasteiger partial charge in [-0.1, -0.05) is 40.2 Å². The molecule has 0 bridgehead atoms. The first-order valence-corrected chi connectivity index (χ1v) is 14.9. The number of nitrogens with one attached hydrogen (secondary N) is 3. The molecule has 0 fully saturated rings. The molecule has 1 aliphatic heterocycles. The van der Waals surface area contributed by atoms with Gasteiger partial charge in [-0.2, -0.15) is 5.10 Å². The Balaban J connectivity index is 1.45. The Bertz CT molecular complexity index is 1630. The molecule has 0 radical (unpaired) electrons. The van der Waals surface area contributed by atoms with Gasteiger partial charge in [-0.05, 0) is 49.7 Å². The molecule has 0 unspecified atom stereocenters. The maximum Gasteiger partial charge on any atom is 0.337 e. The summed E-state index contributed by atoms with van der Waals surface area (Å²) in [6, 6.07) is 13.4. The predicted octanol–water partition coefficient (Wildman–Crippen LogP) is 4.70. The Labute approximate surface area is 273 Å². The van der Waals surface area contributed by atoms with E-state index in [1.54, 1.807) is 62.4 Å². The molecule has 0 aliphatic carbocycles. The molecule has 1 heterocycles. The van der Waals surface area contributed by atoms with Crippen molar-refractivity contribution in [1.82, 2.24) is 16.1 Å². The molecule has 244 valence electrons. The average molecular weight is 702 g/mol. The van der Waals surface area contributed by atoms with Crippen molar-refractivity contribution < 1.29 is 42.8 Å². The fraction of sp³-hybridized carbons (Fsp3) is 0.281. The number of hydrazone groups is 1. The Morgan fingerprint density at radius 2 is 1.89 bits per heavy atom. The number of nitrogens with zero attached hydrogens (tertiary/aromatic N) is 1. The van der Waals surface area contributed by atoms with Gasteiger partial charge in [0.1, 0.15) is 19.0 Å². The van der Waals surface area contributed by atoms with E-state index >= 15 is 0 Å². The number of rotatable bonds is 14. The van der Waals surface area contributed by atoms with Crippen LogP contribution in [0, 0.1) is 5.82 Å². The van der Waals surface area contributed by atoms with E-state index in [1.807, 2.05) is 0 Å². The van der Waals surface area contributed by atoms with Gasteiger partial charge in [-0.3, -0.25) is 5.43 Å². The van der Waals surface area contributed by atoms with Crippen LogP contribution in [0.15, 0.2) is 75.4 Å². The van der Waals surface area contributed by atoms with Crippen molar-refractivity contribution in [2.45, 2.75) is 32.7 Å². The number of methoxy groups -OCH3 is 2. The lowest BCUT2D eigenvalue weighted by Gasteiger charge is -2.28. The van der Waals surface area contributed by atoms with Crippen LogP contribution in [0.3, 0.4) is 0 Å². The Morgan fingerprint density at radius 3 is 2.61 bits per heavy atom. The minimum atomic E-state index is -1.23. The average Bonchev–Trinajstić information content (AvgIpc) is 3.03. The number of urea groups is 1. The second kappa shape index (κ2) is 16.0. The Kier molecular flexibility index (Phi) is 11.8. The van der Waals surface area contributed by atoms with E-state index in [2.05, 4.69) is 37.1 Å². The number of benzene rings is 3. The molecule has 46 heavy (non-hydrogen) atoms. The maximum atomic E-state index is 14.1. The lowest BCUT2D eigenvalue weighted by molar-refractivity contribution is -0.136. The minimum absolute atomic E-state index is 0.0414. The molecule has 12 nitrogen and oxygen atoms in total. The first-order chi connectivity index (χ1) is 22.1. The molecule has 2 amide bonds. The fourth-order valence-electron chi connectivity index (χ4n) is 4.57. The highest BCUT2D eigenvalue weighted by atomic mass is 79.9. The summed E-state index contributed by atoms with van der Waals surface area (Å²) in [6.45, 7) is 3.46. The largest absolute Gasteiger partial charge is 0.493 e. The van der Waals surface area contributed by atoms with Crippen molar-refractivity contribution in [2.75, 3.05) is 27.4 Å². The van der Waals surface area contributed by atoms with Crippen LogP contribution in [0.1, 0.15) is 36.6 Å². The lowest BCUT2D eigenvalue weighted by atomic mass is 9.95. The van der Waals surface area contributed by atoms with Crippen molar-refractivity contribution in [3.05, 3.63) is 92.8 Å². The van der Waals surface area contributed by atoms with E-state index in [-0.39, 0.29) is 18.8 Å². The van der Waals surface area contributed by atoms with Gasteiger partial charge in [0.15, 0.2) is 29.2 Å².